The molecule has 0 amide bonds. The maximum Gasteiger partial charge on any atom is 0.302 e. The van der Waals surface area contributed by atoms with Gasteiger partial charge in [-0.3, -0.25) is 9.59 Å². The van der Waals surface area contributed by atoms with Gasteiger partial charge in [-0.2, -0.15) is 5.26 Å². The van der Waals surface area contributed by atoms with Gasteiger partial charge < -0.3 is 14.2 Å². The molecular weight excluding hydrogens is 306 g/mol. The third-order valence-electron chi connectivity index (χ3n) is 4.48. The van der Waals surface area contributed by atoms with Crippen LogP contribution in [0.1, 0.15) is 25.3 Å². The van der Waals surface area contributed by atoms with Crippen LogP contribution in [0.4, 0.5) is 5.69 Å². The molecule has 6 heteroatoms. The van der Waals surface area contributed by atoms with Crippen LogP contribution in [0.3, 0.4) is 0 Å². The van der Waals surface area contributed by atoms with Crippen molar-refractivity contribution in [3.8, 4) is 6.07 Å². The molecule has 0 N–H and O–H groups in total. The maximum atomic E-state index is 12.5. The van der Waals surface area contributed by atoms with E-state index < -0.39 is 0 Å². The van der Waals surface area contributed by atoms with Gasteiger partial charge in [0.1, 0.15) is 17.7 Å². The van der Waals surface area contributed by atoms with E-state index in [1.807, 2.05) is 24.3 Å². The van der Waals surface area contributed by atoms with Crippen LogP contribution in [-0.4, -0.2) is 29.7 Å². The highest BCUT2D eigenvalue weighted by Crippen LogP contribution is 2.30. The van der Waals surface area contributed by atoms with Gasteiger partial charge in [-0.1, -0.05) is 18.2 Å². The number of carbonyl (C=O) groups excluding carboxylic acids is 1. The lowest BCUT2D eigenvalue weighted by Crippen LogP contribution is -2.39. The number of benzene rings is 1. The molecule has 0 spiro atoms. The van der Waals surface area contributed by atoms with Crippen molar-refractivity contribution in [2.75, 3.05) is 18.0 Å². The number of carbonyl (C=O) groups is 1. The second-order valence-electron chi connectivity index (χ2n) is 6.01. The van der Waals surface area contributed by atoms with Gasteiger partial charge in [-0.25, -0.2) is 0 Å². The fourth-order valence-corrected chi connectivity index (χ4v) is 3.34. The van der Waals surface area contributed by atoms with Crippen molar-refractivity contribution in [3.05, 3.63) is 40.2 Å². The fraction of sp³-hybridized carbons (Fsp3) is 0.389. The molecule has 1 aromatic heterocycles. The van der Waals surface area contributed by atoms with Crippen molar-refractivity contribution in [1.82, 2.24) is 4.57 Å². The number of esters is 1. The number of hydrogen-bond donors (Lipinski definition) is 0. The number of piperidine rings is 1. The molecule has 0 radical (unpaired) electrons. The van der Waals surface area contributed by atoms with Gasteiger partial charge in [0.05, 0.1) is 11.2 Å². The third-order valence-corrected chi connectivity index (χ3v) is 4.48. The third kappa shape index (κ3) is 2.73. The predicted octanol–water partition coefficient (Wildman–Crippen LogP) is 1.94. The van der Waals surface area contributed by atoms with E-state index >= 15 is 0 Å². The summed E-state index contributed by atoms with van der Waals surface area (Å²) in [5, 5.41) is 10.4. The van der Waals surface area contributed by atoms with Crippen molar-refractivity contribution in [3.63, 3.8) is 0 Å². The van der Waals surface area contributed by atoms with Crippen LogP contribution in [0, 0.1) is 11.3 Å². The Hall–Kier alpha value is -2.81. The molecule has 2 heterocycles. The Morgan fingerprint density at radius 3 is 2.58 bits per heavy atom. The zero-order chi connectivity index (χ0) is 17.3. The second kappa shape index (κ2) is 6.36. The van der Waals surface area contributed by atoms with Gasteiger partial charge in [0.25, 0.3) is 5.56 Å². The van der Waals surface area contributed by atoms with Crippen molar-refractivity contribution in [1.29, 1.82) is 5.26 Å². The molecule has 1 aliphatic rings. The minimum atomic E-state index is -0.284. The largest absolute Gasteiger partial charge is 0.462 e. The average Bonchev–Trinajstić information content (AvgIpc) is 2.58. The number of anilines is 1. The monoisotopic (exact) mass is 325 g/mol. The molecule has 1 aromatic carbocycles. The number of nitriles is 1. The zero-order valence-electron chi connectivity index (χ0n) is 13.8. The van der Waals surface area contributed by atoms with Gasteiger partial charge in [-0.15, -0.1) is 0 Å². The molecule has 3 rings (SSSR count). The molecule has 0 bridgehead atoms. The fourth-order valence-electron chi connectivity index (χ4n) is 3.34. The quantitative estimate of drug-likeness (QED) is 0.789. The van der Waals surface area contributed by atoms with Crippen molar-refractivity contribution < 1.29 is 9.53 Å². The van der Waals surface area contributed by atoms with Crippen LogP contribution in [0.5, 0.6) is 0 Å². The second-order valence-corrected chi connectivity index (χ2v) is 6.01. The number of nitrogens with zero attached hydrogens (tertiary/aromatic N) is 3. The molecule has 0 saturated carbocycles. The first kappa shape index (κ1) is 16.1. The maximum absolute atomic E-state index is 12.5. The van der Waals surface area contributed by atoms with Gasteiger partial charge >= 0.3 is 5.97 Å². The van der Waals surface area contributed by atoms with Crippen LogP contribution in [0.15, 0.2) is 29.1 Å². The molecular formula is C18H19N3O3. The smallest absolute Gasteiger partial charge is 0.302 e. The van der Waals surface area contributed by atoms with E-state index in [-0.39, 0.29) is 23.2 Å². The summed E-state index contributed by atoms with van der Waals surface area (Å²) in [6, 6.07) is 9.68. The Kier molecular flexibility index (Phi) is 4.26. The predicted molar refractivity (Wildman–Crippen MR) is 90.9 cm³/mol. The number of ether oxygens (including phenoxy) is 1. The molecule has 0 unspecified atom stereocenters. The summed E-state index contributed by atoms with van der Waals surface area (Å²) in [5.41, 5.74) is 1.38. The SMILES string of the molecule is CC(=O)OC1CCN(c2c(C#N)c(=O)n(C)c3ccccc23)CC1. The average molecular weight is 325 g/mol. The lowest BCUT2D eigenvalue weighted by molar-refractivity contribution is -0.147. The van der Waals surface area contributed by atoms with E-state index in [1.54, 1.807) is 7.05 Å². The first-order chi connectivity index (χ1) is 11.5. The summed E-state index contributed by atoms with van der Waals surface area (Å²) in [6.45, 7) is 2.70. The molecule has 2 aromatic rings. The Balaban J connectivity index is 2.04. The van der Waals surface area contributed by atoms with Crippen LogP contribution in [0.2, 0.25) is 0 Å². The summed E-state index contributed by atoms with van der Waals surface area (Å²) in [6.07, 6.45) is 1.28. The van der Waals surface area contributed by atoms with E-state index in [0.29, 0.717) is 31.6 Å². The zero-order valence-corrected chi connectivity index (χ0v) is 13.8. The number of aryl methyl sites for hydroxylation is 1. The number of fused-ring (bicyclic) bond motifs is 1. The van der Waals surface area contributed by atoms with E-state index in [9.17, 15) is 14.9 Å². The summed E-state index contributed by atoms with van der Waals surface area (Å²) in [5.74, 6) is -0.273. The summed E-state index contributed by atoms with van der Waals surface area (Å²) >= 11 is 0. The summed E-state index contributed by atoms with van der Waals surface area (Å²) in [7, 11) is 1.68. The molecule has 6 nitrogen and oxygen atoms in total. The van der Waals surface area contributed by atoms with Gasteiger partial charge in [0.15, 0.2) is 0 Å². The first-order valence-electron chi connectivity index (χ1n) is 7.97. The minimum Gasteiger partial charge on any atom is -0.462 e. The molecule has 0 atom stereocenters. The number of pyridine rings is 1. The van der Waals surface area contributed by atoms with Gasteiger partial charge in [-0.05, 0) is 6.07 Å². The standard InChI is InChI=1S/C18H19N3O3/c1-12(22)24-13-7-9-21(10-8-13)17-14-5-3-4-6-16(14)20(2)18(23)15(17)11-19/h3-6,13H,7-10H2,1-2H3. The first-order valence-corrected chi connectivity index (χ1v) is 7.97. The topological polar surface area (TPSA) is 75.3 Å². The van der Waals surface area contributed by atoms with Crippen LogP contribution < -0.4 is 10.5 Å². The Morgan fingerprint density at radius 1 is 1.29 bits per heavy atom. The molecule has 124 valence electrons. The number of aromatic nitrogens is 1. The normalized spacial score (nSPS) is 15.3. The van der Waals surface area contributed by atoms with Crippen molar-refractivity contribution >= 4 is 22.6 Å². The lowest BCUT2D eigenvalue weighted by atomic mass is 10.0. The molecule has 0 aliphatic carbocycles. The summed E-state index contributed by atoms with van der Waals surface area (Å²) in [4.78, 5) is 25.7. The van der Waals surface area contributed by atoms with Crippen molar-refractivity contribution in [2.24, 2.45) is 7.05 Å². The number of hydrogen-bond acceptors (Lipinski definition) is 5. The van der Waals surface area contributed by atoms with E-state index in [0.717, 1.165) is 10.9 Å². The van der Waals surface area contributed by atoms with Crippen molar-refractivity contribution in [2.45, 2.75) is 25.9 Å². The van der Waals surface area contributed by atoms with Crippen LogP contribution in [0.25, 0.3) is 10.9 Å². The Bertz CT molecular complexity index is 887. The number of rotatable bonds is 2. The van der Waals surface area contributed by atoms with Gasteiger partial charge in [0, 0.05) is 45.3 Å². The highest BCUT2D eigenvalue weighted by molar-refractivity contribution is 5.94. The lowest BCUT2D eigenvalue weighted by Gasteiger charge is -2.34. The highest BCUT2D eigenvalue weighted by atomic mass is 16.5. The number of para-hydroxylation sites is 1. The minimum absolute atomic E-state index is 0.0953. The van der Waals surface area contributed by atoms with Crippen LogP contribution in [-0.2, 0) is 16.6 Å². The molecule has 24 heavy (non-hydrogen) atoms. The van der Waals surface area contributed by atoms with Crippen LogP contribution >= 0.6 is 0 Å². The Morgan fingerprint density at radius 2 is 1.96 bits per heavy atom. The Labute approximate surface area is 139 Å². The molecule has 1 fully saturated rings. The van der Waals surface area contributed by atoms with E-state index in [4.69, 9.17) is 4.74 Å². The highest BCUT2D eigenvalue weighted by Gasteiger charge is 2.26. The molecule has 1 aliphatic heterocycles. The van der Waals surface area contributed by atoms with E-state index in [1.165, 1.54) is 11.5 Å². The molecule has 1 saturated heterocycles. The van der Waals surface area contributed by atoms with E-state index in [2.05, 4.69) is 11.0 Å². The van der Waals surface area contributed by atoms with Gasteiger partial charge in [0.2, 0.25) is 0 Å². The summed E-state index contributed by atoms with van der Waals surface area (Å²) < 4.78 is 6.78.